The van der Waals surface area contributed by atoms with E-state index in [0.29, 0.717) is 11.6 Å². The van der Waals surface area contributed by atoms with E-state index in [9.17, 15) is 0 Å². The summed E-state index contributed by atoms with van der Waals surface area (Å²) in [5.41, 5.74) is 4.90. The summed E-state index contributed by atoms with van der Waals surface area (Å²) in [6.45, 7) is 5.35. The van der Waals surface area contributed by atoms with Crippen molar-refractivity contribution >= 4 is 23.2 Å². The molecule has 1 aromatic carbocycles. The van der Waals surface area contributed by atoms with Gasteiger partial charge in [-0.1, -0.05) is 35.3 Å². The number of ether oxygens (including phenoxy) is 1. The highest BCUT2D eigenvalue weighted by molar-refractivity contribution is 6.36. The molecule has 0 heterocycles. The van der Waals surface area contributed by atoms with Gasteiger partial charge in [-0.3, -0.25) is 0 Å². The first-order chi connectivity index (χ1) is 9.10. The van der Waals surface area contributed by atoms with Crippen LogP contribution in [0.3, 0.4) is 0 Å². The summed E-state index contributed by atoms with van der Waals surface area (Å²) in [6, 6.07) is 5.05. The first-order valence-corrected chi connectivity index (χ1v) is 7.32. The molecule has 1 fully saturated rings. The monoisotopic (exact) mass is 299 g/mol. The number of hydrogen-bond acceptors (Lipinski definition) is 2. The Kier molecular flexibility index (Phi) is 5.14. The van der Waals surface area contributed by atoms with Crippen molar-refractivity contribution in [3.8, 4) is 5.75 Å². The molecule has 0 aromatic heterocycles. The highest BCUT2D eigenvalue weighted by Crippen LogP contribution is 2.26. The van der Waals surface area contributed by atoms with Crippen molar-refractivity contribution in [1.82, 2.24) is 5.32 Å². The summed E-state index contributed by atoms with van der Waals surface area (Å²) >= 11 is 11.4. The first-order valence-electron chi connectivity index (χ1n) is 6.51. The molecule has 19 heavy (non-hydrogen) atoms. The third-order valence-electron chi connectivity index (χ3n) is 3.17. The Morgan fingerprint density at radius 2 is 2.00 bits per heavy atom. The maximum absolute atomic E-state index is 5.84. The molecule has 0 atom stereocenters. The van der Waals surface area contributed by atoms with Crippen LogP contribution >= 0.6 is 23.2 Å². The summed E-state index contributed by atoms with van der Waals surface area (Å²) in [4.78, 5) is 0. The highest BCUT2D eigenvalue weighted by atomic mass is 35.5. The van der Waals surface area contributed by atoms with Crippen molar-refractivity contribution in [2.45, 2.75) is 39.3 Å². The Labute approximate surface area is 124 Å². The van der Waals surface area contributed by atoms with Crippen molar-refractivity contribution in [1.29, 1.82) is 0 Å². The third-order valence-corrected chi connectivity index (χ3v) is 3.76. The van der Waals surface area contributed by atoms with Crippen LogP contribution < -0.4 is 10.1 Å². The van der Waals surface area contributed by atoms with Gasteiger partial charge in [-0.15, -0.1) is 0 Å². The molecular weight excluding hydrogens is 281 g/mol. The van der Waals surface area contributed by atoms with Crippen LogP contribution in [0.1, 0.15) is 29.5 Å². The second-order valence-corrected chi connectivity index (χ2v) is 5.76. The van der Waals surface area contributed by atoms with E-state index >= 15 is 0 Å². The Balaban J connectivity index is 2.02. The van der Waals surface area contributed by atoms with E-state index in [2.05, 4.69) is 31.3 Å². The van der Waals surface area contributed by atoms with Crippen LogP contribution in [0.5, 0.6) is 5.75 Å². The molecule has 4 heteroatoms. The van der Waals surface area contributed by atoms with E-state index < -0.39 is 0 Å². The minimum atomic E-state index is 0.312. The fourth-order valence-electron chi connectivity index (χ4n) is 2.09. The van der Waals surface area contributed by atoms with Crippen molar-refractivity contribution in [3.05, 3.63) is 39.4 Å². The van der Waals surface area contributed by atoms with Gasteiger partial charge in [-0.25, -0.2) is 0 Å². The number of hydrogen-bond donors (Lipinski definition) is 1. The SMILES string of the molecule is Cc1cc(CNC2CC2)cc(C)c1OCC(Cl)=CCl. The fourth-order valence-corrected chi connectivity index (χ4v) is 2.21. The highest BCUT2D eigenvalue weighted by Gasteiger charge is 2.20. The standard InChI is InChI=1S/C15H19Cl2NO/c1-10-5-12(8-18-14-3-4-14)6-11(2)15(10)19-9-13(17)7-16/h5-7,14,18H,3-4,8-9H2,1-2H3. The largest absolute Gasteiger partial charge is 0.487 e. The number of aryl methyl sites for hydroxylation is 2. The zero-order valence-electron chi connectivity index (χ0n) is 11.3. The smallest absolute Gasteiger partial charge is 0.125 e. The molecule has 1 aliphatic rings. The molecule has 1 aromatic rings. The molecule has 0 amide bonds. The van der Waals surface area contributed by atoms with Gasteiger partial charge in [-0.2, -0.15) is 0 Å². The van der Waals surface area contributed by atoms with Crippen molar-refractivity contribution in [3.63, 3.8) is 0 Å². The molecule has 2 nitrogen and oxygen atoms in total. The van der Waals surface area contributed by atoms with Crippen molar-refractivity contribution in [2.75, 3.05) is 6.61 Å². The van der Waals surface area contributed by atoms with Gasteiger partial charge in [0.05, 0.1) is 5.03 Å². The van der Waals surface area contributed by atoms with Gasteiger partial charge in [0.15, 0.2) is 0 Å². The van der Waals surface area contributed by atoms with Crippen LogP contribution in [-0.4, -0.2) is 12.6 Å². The lowest BCUT2D eigenvalue weighted by atomic mass is 10.1. The van der Waals surface area contributed by atoms with E-state index in [1.807, 2.05) is 0 Å². The van der Waals surface area contributed by atoms with E-state index in [0.717, 1.165) is 29.5 Å². The Bertz CT molecular complexity index is 458. The maximum atomic E-state index is 5.84. The van der Waals surface area contributed by atoms with Gasteiger partial charge >= 0.3 is 0 Å². The second-order valence-electron chi connectivity index (χ2n) is 5.06. The van der Waals surface area contributed by atoms with E-state index in [1.165, 1.54) is 23.9 Å². The molecule has 0 spiro atoms. The lowest BCUT2D eigenvalue weighted by molar-refractivity contribution is 0.354. The fraction of sp³-hybridized carbons (Fsp3) is 0.467. The van der Waals surface area contributed by atoms with Crippen LogP contribution in [0.4, 0.5) is 0 Å². The number of rotatable bonds is 6. The summed E-state index contributed by atoms with van der Waals surface area (Å²) in [5.74, 6) is 0.895. The third kappa shape index (κ3) is 4.41. The van der Waals surface area contributed by atoms with Gasteiger partial charge in [0, 0.05) is 18.1 Å². The number of benzene rings is 1. The Hall–Kier alpha value is -0.700. The summed E-state index contributed by atoms with van der Waals surface area (Å²) in [7, 11) is 0. The Morgan fingerprint density at radius 1 is 1.37 bits per heavy atom. The molecule has 0 saturated heterocycles. The minimum absolute atomic E-state index is 0.312. The molecule has 0 aliphatic heterocycles. The summed E-state index contributed by atoms with van der Waals surface area (Å²) < 4.78 is 5.71. The molecular formula is C15H19Cl2NO. The predicted molar refractivity (Wildman–Crippen MR) is 81.1 cm³/mol. The summed E-state index contributed by atoms with van der Waals surface area (Å²) in [5, 5.41) is 4.02. The summed E-state index contributed by atoms with van der Waals surface area (Å²) in [6.07, 6.45) is 2.62. The number of halogens is 2. The number of nitrogens with one attached hydrogen (secondary N) is 1. The molecule has 1 N–H and O–H groups in total. The van der Waals surface area contributed by atoms with Crippen LogP contribution in [0.25, 0.3) is 0 Å². The van der Waals surface area contributed by atoms with Gasteiger partial charge in [0.1, 0.15) is 12.4 Å². The molecule has 2 rings (SSSR count). The van der Waals surface area contributed by atoms with Gasteiger partial charge < -0.3 is 10.1 Å². The first kappa shape index (κ1) is 14.7. The topological polar surface area (TPSA) is 21.3 Å². The maximum Gasteiger partial charge on any atom is 0.125 e. The molecule has 1 saturated carbocycles. The lowest BCUT2D eigenvalue weighted by Crippen LogP contribution is -2.15. The van der Waals surface area contributed by atoms with E-state index in [-0.39, 0.29) is 0 Å². The normalized spacial score (nSPS) is 15.7. The predicted octanol–water partition coefficient (Wildman–Crippen LogP) is 4.25. The van der Waals surface area contributed by atoms with Crippen LogP contribution in [0.2, 0.25) is 0 Å². The van der Waals surface area contributed by atoms with Crippen molar-refractivity contribution in [2.24, 2.45) is 0 Å². The van der Waals surface area contributed by atoms with E-state index in [1.54, 1.807) is 0 Å². The van der Waals surface area contributed by atoms with Crippen LogP contribution in [-0.2, 0) is 6.54 Å². The zero-order chi connectivity index (χ0) is 13.8. The van der Waals surface area contributed by atoms with Gasteiger partial charge in [-0.05, 0) is 43.4 Å². The lowest BCUT2D eigenvalue weighted by Gasteiger charge is -2.14. The Morgan fingerprint density at radius 3 is 2.53 bits per heavy atom. The van der Waals surface area contributed by atoms with Crippen LogP contribution in [0.15, 0.2) is 22.7 Å². The van der Waals surface area contributed by atoms with Gasteiger partial charge in [0.25, 0.3) is 0 Å². The van der Waals surface area contributed by atoms with Crippen LogP contribution in [0, 0.1) is 13.8 Å². The molecule has 1 aliphatic carbocycles. The molecule has 104 valence electrons. The van der Waals surface area contributed by atoms with Crippen molar-refractivity contribution < 1.29 is 4.74 Å². The second kappa shape index (κ2) is 6.65. The molecule has 0 bridgehead atoms. The zero-order valence-corrected chi connectivity index (χ0v) is 12.8. The average Bonchev–Trinajstić information content (AvgIpc) is 3.19. The van der Waals surface area contributed by atoms with Gasteiger partial charge in [0.2, 0.25) is 0 Å². The quantitative estimate of drug-likeness (QED) is 0.848. The molecule has 0 radical (unpaired) electrons. The minimum Gasteiger partial charge on any atom is -0.487 e. The molecule has 0 unspecified atom stereocenters. The van der Waals surface area contributed by atoms with E-state index in [4.69, 9.17) is 27.9 Å². The average molecular weight is 300 g/mol.